The van der Waals surface area contributed by atoms with Crippen LogP contribution in [-0.2, 0) is 28.8 Å². The summed E-state index contributed by atoms with van der Waals surface area (Å²) in [6, 6.07) is 4.20. The van der Waals surface area contributed by atoms with Gasteiger partial charge in [-0.3, -0.25) is 4.79 Å². The Morgan fingerprint density at radius 3 is 2.53 bits per heavy atom. The summed E-state index contributed by atoms with van der Waals surface area (Å²) in [5, 5.41) is 21.4. The summed E-state index contributed by atoms with van der Waals surface area (Å²) in [7, 11) is -1.65. The largest absolute Gasteiger partial charge is 0.504 e. The van der Waals surface area contributed by atoms with Crippen LogP contribution in [-0.4, -0.2) is 55.8 Å². The van der Waals surface area contributed by atoms with E-state index in [0.29, 0.717) is 47.9 Å². The van der Waals surface area contributed by atoms with Gasteiger partial charge in [0.25, 0.3) is 5.91 Å². The molecular weight excluding hydrogens is 459 g/mol. The van der Waals surface area contributed by atoms with Crippen molar-refractivity contribution in [2.24, 2.45) is 0 Å². The monoisotopic (exact) mass is 482 g/mol. The van der Waals surface area contributed by atoms with Gasteiger partial charge in [-0.15, -0.1) is 0 Å². The molecular formula is C22H24ClFN2O5S. The van der Waals surface area contributed by atoms with Crippen LogP contribution in [0.4, 0.5) is 4.39 Å². The maximum atomic E-state index is 13.6. The Balaban J connectivity index is 1.78. The van der Waals surface area contributed by atoms with Gasteiger partial charge in [-0.1, -0.05) is 31.5 Å². The predicted molar refractivity (Wildman–Crippen MR) is 118 cm³/mol. The van der Waals surface area contributed by atoms with E-state index in [0.717, 1.165) is 0 Å². The molecule has 1 fully saturated rings. The number of hydrogen-bond acceptors (Lipinski definition) is 5. The molecule has 4 rings (SSSR count). The molecule has 1 unspecified atom stereocenters. The fourth-order valence-corrected chi connectivity index (χ4v) is 5.98. The van der Waals surface area contributed by atoms with Crippen LogP contribution < -0.4 is 0 Å². The topological polar surface area (TPSA) is 90.3 Å². The summed E-state index contributed by atoms with van der Waals surface area (Å²) in [4.78, 5) is 15.0. The molecule has 0 aliphatic carbocycles. The summed E-state index contributed by atoms with van der Waals surface area (Å²) in [6.45, 7) is 5.65. The smallest absolute Gasteiger partial charge is 0.258 e. The third-order valence-electron chi connectivity index (χ3n) is 5.70. The van der Waals surface area contributed by atoms with E-state index in [1.54, 1.807) is 4.31 Å². The highest BCUT2D eigenvalue weighted by atomic mass is 35.5. The van der Waals surface area contributed by atoms with E-state index >= 15 is 0 Å². The fourth-order valence-electron chi connectivity index (χ4n) is 4.14. The van der Waals surface area contributed by atoms with Crippen molar-refractivity contribution in [3.05, 3.63) is 51.3 Å². The lowest BCUT2D eigenvalue weighted by atomic mass is 9.95. The molecule has 2 aromatic carbocycles. The van der Waals surface area contributed by atoms with Gasteiger partial charge in [-0.05, 0) is 23.6 Å². The lowest BCUT2D eigenvalue weighted by Gasteiger charge is -2.28. The standard InChI is InChI=1S/C22H24ClFN2O5S/c1-12(2)17-19(27)20(28)18-14(21(17)32(30)26-5-7-31-8-6-26)11-25(22(18)29)10-13-3-4-16(24)15(23)9-13/h3-4,9,12,27-28H,5-8,10-11H2,1-2H3. The average Bonchev–Trinajstić information content (AvgIpc) is 3.09. The molecule has 1 atom stereocenters. The van der Waals surface area contributed by atoms with Gasteiger partial charge in [0, 0.05) is 37.3 Å². The van der Waals surface area contributed by atoms with E-state index in [1.165, 1.54) is 23.1 Å². The second-order valence-electron chi connectivity index (χ2n) is 8.15. The van der Waals surface area contributed by atoms with Crippen molar-refractivity contribution in [2.45, 2.75) is 37.8 Å². The van der Waals surface area contributed by atoms with Gasteiger partial charge in [-0.25, -0.2) is 12.9 Å². The number of benzene rings is 2. The van der Waals surface area contributed by atoms with Crippen LogP contribution in [0.25, 0.3) is 0 Å². The number of nitrogens with zero attached hydrogens (tertiary/aromatic N) is 2. The fraction of sp³-hybridized carbons (Fsp3) is 0.409. The molecule has 1 saturated heterocycles. The number of carbonyl (C=O) groups is 1. The van der Waals surface area contributed by atoms with Crippen LogP contribution in [0.3, 0.4) is 0 Å². The molecule has 7 nitrogen and oxygen atoms in total. The Kier molecular flexibility index (Phi) is 6.44. The molecule has 1 amide bonds. The second-order valence-corrected chi connectivity index (χ2v) is 9.98. The van der Waals surface area contributed by atoms with Crippen molar-refractivity contribution < 1.29 is 28.3 Å². The number of aromatic hydroxyl groups is 2. The molecule has 0 spiro atoms. The molecule has 0 bridgehead atoms. The highest BCUT2D eigenvalue weighted by Crippen LogP contribution is 2.47. The maximum absolute atomic E-state index is 13.6. The molecule has 2 aliphatic heterocycles. The van der Waals surface area contributed by atoms with Gasteiger partial charge in [-0.2, -0.15) is 0 Å². The van der Waals surface area contributed by atoms with Gasteiger partial charge in [0.2, 0.25) is 0 Å². The van der Waals surface area contributed by atoms with E-state index in [1.807, 2.05) is 13.8 Å². The van der Waals surface area contributed by atoms with Crippen LogP contribution in [0.1, 0.15) is 46.8 Å². The number of amides is 1. The molecule has 172 valence electrons. The first-order valence-corrected chi connectivity index (χ1v) is 11.8. The van der Waals surface area contributed by atoms with Gasteiger partial charge in [0.15, 0.2) is 11.5 Å². The number of carbonyl (C=O) groups excluding carboxylic acids is 1. The third kappa shape index (κ3) is 3.98. The van der Waals surface area contributed by atoms with Gasteiger partial charge in [0.1, 0.15) is 16.8 Å². The van der Waals surface area contributed by atoms with E-state index in [9.17, 15) is 23.6 Å². The number of phenols is 2. The van der Waals surface area contributed by atoms with Crippen molar-refractivity contribution in [2.75, 3.05) is 26.3 Å². The second kappa shape index (κ2) is 8.97. The minimum atomic E-state index is -1.65. The Hall–Kier alpha value is -2.20. The molecule has 10 heteroatoms. The Morgan fingerprint density at radius 1 is 1.22 bits per heavy atom. The van der Waals surface area contributed by atoms with Crippen LogP contribution in [0.15, 0.2) is 23.1 Å². The lowest BCUT2D eigenvalue weighted by molar-refractivity contribution is 0.0751. The molecule has 0 saturated carbocycles. The lowest BCUT2D eigenvalue weighted by Crippen LogP contribution is -2.38. The zero-order valence-electron chi connectivity index (χ0n) is 17.7. The Labute approximate surface area is 192 Å². The molecule has 0 aromatic heterocycles. The quantitative estimate of drug-likeness (QED) is 0.636. The van der Waals surface area contributed by atoms with Crippen molar-refractivity contribution in [3.8, 4) is 11.5 Å². The van der Waals surface area contributed by atoms with E-state index < -0.39 is 34.2 Å². The van der Waals surface area contributed by atoms with Crippen LogP contribution in [0.5, 0.6) is 11.5 Å². The summed E-state index contributed by atoms with van der Waals surface area (Å²) in [6.07, 6.45) is 0. The minimum Gasteiger partial charge on any atom is -0.504 e. The number of halogens is 2. The van der Waals surface area contributed by atoms with Crippen molar-refractivity contribution in [3.63, 3.8) is 0 Å². The zero-order chi connectivity index (χ0) is 23.2. The summed E-state index contributed by atoms with van der Waals surface area (Å²) in [5.41, 5.74) is 1.37. The highest BCUT2D eigenvalue weighted by Gasteiger charge is 2.39. The molecule has 2 aliphatic rings. The van der Waals surface area contributed by atoms with E-state index in [4.69, 9.17) is 16.3 Å². The highest BCUT2D eigenvalue weighted by molar-refractivity contribution is 7.82. The summed E-state index contributed by atoms with van der Waals surface area (Å²) >= 11 is 5.87. The Bertz CT molecular complexity index is 1100. The first-order valence-electron chi connectivity index (χ1n) is 10.3. The predicted octanol–water partition coefficient (Wildman–Crippen LogP) is 3.52. The first-order chi connectivity index (χ1) is 15.2. The van der Waals surface area contributed by atoms with Crippen molar-refractivity contribution >= 4 is 28.5 Å². The van der Waals surface area contributed by atoms with Crippen LogP contribution in [0, 0.1) is 5.82 Å². The summed E-state index contributed by atoms with van der Waals surface area (Å²) in [5.74, 6) is -2.22. The number of hydrogen-bond donors (Lipinski definition) is 2. The average molecular weight is 483 g/mol. The molecule has 0 radical (unpaired) electrons. The van der Waals surface area contributed by atoms with Crippen LogP contribution in [0.2, 0.25) is 5.02 Å². The van der Waals surface area contributed by atoms with Crippen molar-refractivity contribution in [1.29, 1.82) is 0 Å². The number of ether oxygens (including phenoxy) is 1. The summed E-state index contributed by atoms with van der Waals surface area (Å²) < 4.78 is 34.2. The number of rotatable bonds is 5. The van der Waals surface area contributed by atoms with Gasteiger partial charge < -0.3 is 19.8 Å². The molecule has 2 N–H and O–H groups in total. The molecule has 32 heavy (non-hydrogen) atoms. The van der Waals surface area contributed by atoms with Crippen LogP contribution >= 0.6 is 11.6 Å². The first kappa shape index (κ1) is 23.0. The minimum absolute atomic E-state index is 0.0447. The maximum Gasteiger partial charge on any atom is 0.258 e. The molecule has 2 aromatic rings. The molecule has 2 heterocycles. The number of morpholine rings is 1. The zero-order valence-corrected chi connectivity index (χ0v) is 19.3. The third-order valence-corrected chi connectivity index (χ3v) is 7.64. The van der Waals surface area contributed by atoms with Gasteiger partial charge in [0.05, 0.1) is 28.7 Å². The number of fused-ring (bicyclic) bond motifs is 1. The van der Waals surface area contributed by atoms with Crippen molar-refractivity contribution in [1.82, 2.24) is 9.21 Å². The normalized spacial score (nSPS) is 17.8. The van der Waals surface area contributed by atoms with Gasteiger partial charge >= 0.3 is 0 Å². The Morgan fingerprint density at radius 2 is 1.91 bits per heavy atom. The van der Waals surface area contributed by atoms with E-state index in [2.05, 4.69) is 0 Å². The van der Waals surface area contributed by atoms with E-state index in [-0.39, 0.29) is 29.6 Å². The SMILES string of the molecule is CC(C)c1c(O)c(O)c2c(c1S(=O)N1CCOCC1)CN(Cc1ccc(F)c(Cl)c1)C2=O. The number of phenolic OH excluding ortho intramolecular Hbond substituents is 2.